The second-order valence-electron chi connectivity index (χ2n) is 6.97. The molecule has 1 aliphatic carbocycles. The summed E-state index contributed by atoms with van der Waals surface area (Å²) in [6, 6.07) is 8.26. The van der Waals surface area contributed by atoms with Crippen molar-refractivity contribution in [1.29, 1.82) is 0 Å². The van der Waals surface area contributed by atoms with Crippen molar-refractivity contribution in [2.45, 2.75) is 38.8 Å². The lowest BCUT2D eigenvalue weighted by molar-refractivity contribution is -0.145. The molecule has 0 radical (unpaired) electrons. The standard InChI is InChI=1S/C20H17N3O5S/c24-17-9-12(21-19-23(17)14-6-2-4-8-16(14)29-19)11-27-18(25)10-22-13-5-1-3-7-15(13)28-20(22)26/h1,3,5,7,9H,2,4,6,8,10-11H2. The van der Waals surface area contributed by atoms with E-state index in [1.54, 1.807) is 28.7 Å². The van der Waals surface area contributed by atoms with Crippen LogP contribution >= 0.6 is 11.3 Å². The molecule has 148 valence electrons. The van der Waals surface area contributed by atoms with Crippen LogP contribution in [0.4, 0.5) is 0 Å². The molecular formula is C20H17N3O5S. The molecule has 29 heavy (non-hydrogen) atoms. The van der Waals surface area contributed by atoms with Gasteiger partial charge in [0.1, 0.15) is 13.2 Å². The predicted molar refractivity (Wildman–Crippen MR) is 106 cm³/mol. The van der Waals surface area contributed by atoms with Crippen molar-refractivity contribution in [3.05, 3.63) is 67.5 Å². The molecule has 3 aromatic heterocycles. The third-order valence-corrected chi connectivity index (χ3v) is 6.20. The Morgan fingerprint density at radius 3 is 2.93 bits per heavy atom. The van der Waals surface area contributed by atoms with Gasteiger partial charge in [0.2, 0.25) is 0 Å². The molecule has 0 unspecified atom stereocenters. The maximum absolute atomic E-state index is 12.6. The van der Waals surface area contributed by atoms with Crippen molar-refractivity contribution in [1.82, 2.24) is 14.0 Å². The molecule has 0 spiro atoms. The maximum Gasteiger partial charge on any atom is 0.420 e. The number of thiazole rings is 1. The van der Waals surface area contributed by atoms with E-state index < -0.39 is 11.7 Å². The Kier molecular flexibility index (Phi) is 4.31. The zero-order chi connectivity index (χ0) is 20.0. The van der Waals surface area contributed by atoms with Crippen LogP contribution in [0.5, 0.6) is 0 Å². The fourth-order valence-electron chi connectivity index (χ4n) is 3.71. The van der Waals surface area contributed by atoms with Gasteiger partial charge in [0.15, 0.2) is 10.5 Å². The van der Waals surface area contributed by atoms with Crippen LogP contribution in [0.1, 0.15) is 29.1 Å². The molecule has 0 saturated carbocycles. The Bertz CT molecular complexity index is 1360. The van der Waals surface area contributed by atoms with Crippen molar-refractivity contribution in [2.24, 2.45) is 0 Å². The fourth-order valence-corrected chi connectivity index (χ4v) is 4.94. The number of carbonyl (C=O) groups excluding carboxylic acids is 1. The summed E-state index contributed by atoms with van der Waals surface area (Å²) in [5.74, 6) is -1.23. The molecule has 0 bridgehead atoms. The Morgan fingerprint density at radius 2 is 2.03 bits per heavy atom. The number of nitrogens with zero attached hydrogens (tertiary/aromatic N) is 3. The normalized spacial score (nSPS) is 13.7. The zero-order valence-electron chi connectivity index (χ0n) is 15.4. The van der Waals surface area contributed by atoms with Crippen molar-refractivity contribution < 1.29 is 13.9 Å². The van der Waals surface area contributed by atoms with E-state index in [0.29, 0.717) is 21.8 Å². The highest BCUT2D eigenvalue weighted by Crippen LogP contribution is 2.28. The van der Waals surface area contributed by atoms with E-state index >= 15 is 0 Å². The molecular weight excluding hydrogens is 394 g/mol. The van der Waals surface area contributed by atoms with Crippen molar-refractivity contribution in [2.75, 3.05) is 0 Å². The van der Waals surface area contributed by atoms with Crippen LogP contribution in [0.3, 0.4) is 0 Å². The van der Waals surface area contributed by atoms with E-state index in [2.05, 4.69) is 4.98 Å². The average Bonchev–Trinajstić information content (AvgIpc) is 3.24. The number of esters is 1. The van der Waals surface area contributed by atoms with E-state index in [1.807, 2.05) is 0 Å². The minimum absolute atomic E-state index is 0.127. The predicted octanol–water partition coefficient (Wildman–Crippen LogP) is 2.29. The van der Waals surface area contributed by atoms with Gasteiger partial charge in [-0.05, 0) is 37.8 Å². The number of carbonyl (C=O) groups is 1. The van der Waals surface area contributed by atoms with Gasteiger partial charge in [0.05, 0.1) is 11.2 Å². The van der Waals surface area contributed by atoms with E-state index in [-0.39, 0.29) is 18.7 Å². The maximum atomic E-state index is 12.6. The Hall–Kier alpha value is -3.20. The molecule has 9 heteroatoms. The minimum Gasteiger partial charge on any atom is -0.458 e. The third kappa shape index (κ3) is 3.17. The van der Waals surface area contributed by atoms with E-state index in [0.717, 1.165) is 31.4 Å². The van der Waals surface area contributed by atoms with Gasteiger partial charge in [-0.2, -0.15) is 0 Å². The topological polar surface area (TPSA) is 95.8 Å². The number of ether oxygens (including phenoxy) is 1. The minimum atomic E-state index is -0.620. The Labute approximate surface area is 168 Å². The fraction of sp³-hybridized carbons (Fsp3) is 0.300. The first-order valence-corrected chi connectivity index (χ1v) is 10.2. The highest BCUT2D eigenvalue weighted by molar-refractivity contribution is 7.17. The Balaban J connectivity index is 1.35. The average molecular weight is 411 g/mol. The number of aromatic nitrogens is 3. The van der Waals surface area contributed by atoms with Crippen LogP contribution in [-0.4, -0.2) is 19.9 Å². The first-order valence-electron chi connectivity index (χ1n) is 9.37. The molecule has 8 nitrogen and oxygen atoms in total. The molecule has 0 N–H and O–H groups in total. The summed E-state index contributed by atoms with van der Waals surface area (Å²) in [5.41, 5.74) is 2.23. The van der Waals surface area contributed by atoms with Gasteiger partial charge < -0.3 is 9.15 Å². The van der Waals surface area contributed by atoms with Gasteiger partial charge in [-0.25, -0.2) is 9.78 Å². The molecule has 3 heterocycles. The number of hydrogen-bond donors (Lipinski definition) is 0. The van der Waals surface area contributed by atoms with Gasteiger partial charge in [-0.3, -0.25) is 18.6 Å². The number of oxazole rings is 1. The molecule has 4 aromatic rings. The summed E-state index contributed by atoms with van der Waals surface area (Å²) < 4.78 is 13.3. The summed E-state index contributed by atoms with van der Waals surface area (Å²) in [6.07, 6.45) is 4.06. The van der Waals surface area contributed by atoms with Crippen molar-refractivity contribution in [3.8, 4) is 0 Å². The molecule has 0 saturated heterocycles. The summed E-state index contributed by atoms with van der Waals surface area (Å²) >= 11 is 1.52. The highest BCUT2D eigenvalue weighted by atomic mass is 32.1. The summed E-state index contributed by atoms with van der Waals surface area (Å²) in [4.78, 5) is 43.1. The first-order chi connectivity index (χ1) is 14.1. The number of benzene rings is 1. The number of hydrogen-bond acceptors (Lipinski definition) is 7. The van der Waals surface area contributed by atoms with Crippen molar-refractivity contribution >= 4 is 33.4 Å². The lowest BCUT2D eigenvalue weighted by atomic mass is 10.0. The van der Waals surface area contributed by atoms with Gasteiger partial charge in [0.25, 0.3) is 5.56 Å². The number of para-hydroxylation sites is 2. The number of aryl methyl sites for hydroxylation is 2. The summed E-state index contributed by atoms with van der Waals surface area (Å²) in [5, 5.41) is 0. The molecule has 0 atom stereocenters. The zero-order valence-corrected chi connectivity index (χ0v) is 16.2. The van der Waals surface area contributed by atoms with E-state index in [9.17, 15) is 14.4 Å². The van der Waals surface area contributed by atoms with Crippen LogP contribution in [-0.2, 0) is 35.5 Å². The van der Waals surface area contributed by atoms with Gasteiger partial charge in [-0.1, -0.05) is 12.1 Å². The lowest BCUT2D eigenvalue weighted by Gasteiger charge is -2.10. The van der Waals surface area contributed by atoms with Crippen LogP contribution in [0, 0.1) is 0 Å². The summed E-state index contributed by atoms with van der Waals surface area (Å²) in [7, 11) is 0. The molecule has 0 aliphatic heterocycles. The van der Waals surface area contributed by atoms with Crippen LogP contribution < -0.4 is 11.3 Å². The third-order valence-electron chi connectivity index (χ3n) is 5.06. The molecule has 0 amide bonds. The second-order valence-corrected chi connectivity index (χ2v) is 8.03. The SMILES string of the molecule is O=C(Cn1c(=O)oc2ccccc21)OCc1cc(=O)n2c3c(sc2n1)CCCC3. The van der Waals surface area contributed by atoms with Gasteiger partial charge in [0, 0.05) is 16.6 Å². The molecule has 1 aliphatic rings. The Morgan fingerprint density at radius 1 is 1.21 bits per heavy atom. The molecule has 1 aromatic carbocycles. The smallest absolute Gasteiger partial charge is 0.420 e. The number of fused-ring (bicyclic) bond motifs is 4. The number of rotatable bonds is 4. The lowest BCUT2D eigenvalue weighted by Crippen LogP contribution is -2.22. The summed E-state index contributed by atoms with van der Waals surface area (Å²) in [6.45, 7) is -0.401. The van der Waals surface area contributed by atoms with Crippen LogP contribution in [0.2, 0.25) is 0 Å². The van der Waals surface area contributed by atoms with Crippen molar-refractivity contribution in [3.63, 3.8) is 0 Å². The quantitative estimate of drug-likeness (QED) is 0.478. The van der Waals surface area contributed by atoms with Crippen LogP contribution in [0.15, 0.2) is 44.3 Å². The largest absolute Gasteiger partial charge is 0.458 e. The van der Waals surface area contributed by atoms with E-state index in [1.165, 1.54) is 26.8 Å². The van der Waals surface area contributed by atoms with Gasteiger partial charge in [-0.15, -0.1) is 11.3 Å². The first kappa shape index (κ1) is 17.9. The van der Waals surface area contributed by atoms with E-state index in [4.69, 9.17) is 9.15 Å². The molecule has 0 fully saturated rings. The monoisotopic (exact) mass is 411 g/mol. The second kappa shape index (κ2) is 7.00. The molecule has 5 rings (SSSR count). The van der Waals surface area contributed by atoms with Crippen LogP contribution in [0.25, 0.3) is 16.1 Å². The highest BCUT2D eigenvalue weighted by Gasteiger charge is 2.19. The van der Waals surface area contributed by atoms with Gasteiger partial charge >= 0.3 is 11.7 Å².